The maximum Gasteiger partial charge on any atom is 0.470 e. The van der Waals surface area contributed by atoms with Crippen LogP contribution in [0, 0.1) is 0 Å². The first-order valence-corrected chi connectivity index (χ1v) is 9.43. The lowest BCUT2D eigenvalue weighted by Crippen LogP contribution is -2.46. The van der Waals surface area contributed by atoms with Crippen molar-refractivity contribution in [3.63, 3.8) is 0 Å². The van der Waals surface area contributed by atoms with Gasteiger partial charge in [-0.3, -0.25) is 4.90 Å². The first-order valence-electron chi connectivity index (χ1n) is 9.43. The minimum absolute atomic E-state index is 0.0183. The smallest absolute Gasteiger partial charge is 0.416 e. The van der Waals surface area contributed by atoms with Gasteiger partial charge >= 0.3 is 12.1 Å². The topological polar surface area (TPSA) is 74.4 Å². The number of alkyl halides is 3. The SMILES string of the molecule is FC(F)(F)c1nnc(CN2CCN(c3cc(N4CCCCC4)ncn3)CC2)o1. The average Bonchev–Trinajstić information content (AvgIpc) is 3.18. The number of hydrogen-bond acceptors (Lipinski definition) is 8. The summed E-state index contributed by atoms with van der Waals surface area (Å²) >= 11 is 0. The van der Waals surface area contributed by atoms with Gasteiger partial charge in [0.1, 0.15) is 18.0 Å². The lowest BCUT2D eigenvalue weighted by molar-refractivity contribution is -0.157. The van der Waals surface area contributed by atoms with E-state index in [1.165, 1.54) is 19.3 Å². The van der Waals surface area contributed by atoms with E-state index in [9.17, 15) is 13.2 Å². The van der Waals surface area contributed by atoms with Crippen LogP contribution >= 0.6 is 0 Å². The lowest BCUT2D eigenvalue weighted by atomic mass is 10.1. The number of rotatable bonds is 4. The molecule has 0 radical (unpaired) electrons. The summed E-state index contributed by atoms with van der Waals surface area (Å²) in [5, 5.41) is 6.57. The van der Waals surface area contributed by atoms with Crippen LogP contribution in [-0.2, 0) is 12.7 Å². The zero-order valence-corrected chi connectivity index (χ0v) is 15.4. The fourth-order valence-electron chi connectivity index (χ4n) is 3.56. The highest BCUT2D eigenvalue weighted by molar-refractivity contribution is 5.50. The zero-order valence-electron chi connectivity index (χ0n) is 15.4. The van der Waals surface area contributed by atoms with Gasteiger partial charge in [-0.25, -0.2) is 9.97 Å². The Balaban J connectivity index is 1.33. The second-order valence-electron chi connectivity index (χ2n) is 7.04. The molecule has 2 aromatic rings. The Labute approximate surface area is 160 Å². The van der Waals surface area contributed by atoms with Gasteiger partial charge in [-0.2, -0.15) is 13.2 Å². The summed E-state index contributed by atoms with van der Waals surface area (Å²) in [5.41, 5.74) is 0. The molecule has 28 heavy (non-hydrogen) atoms. The molecule has 0 aliphatic carbocycles. The number of halogens is 3. The van der Waals surface area contributed by atoms with Crippen LogP contribution in [0.5, 0.6) is 0 Å². The molecule has 2 aliphatic rings. The fraction of sp³-hybridized carbons (Fsp3) is 0.647. The number of aromatic nitrogens is 4. The number of piperazine rings is 1. The molecule has 0 bridgehead atoms. The predicted octanol–water partition coefficient (Wildman–Crippen LogP) is 2.19. The van der Waals surface area contributed by atoms with E-state index in [4.69, 9.17) is 4.42 Å². The molecule has 0 unspecified atom stereocenters. The van der Waals surface area contributed by atoms with Crippen LogP contribution in [0.3, 0.4) is 0 Å². The van der Waals surface area contributed by atoms with Gasteiger partial charge in [0.25, 0.3) is 0 Å². The van der Waals surface area contributed by atoms with Crippen LogP contribution in [0.4, 0.5) is 24.8 Å². The molecule has 8 nitrogen and oxygen atoms in total. The maximum atomic E-state index is 12.6. The van der Waals surface area contributed by atoms with Crippen molar-refractivity contribution in [1.82, 2.24) is 25.1 Å². The first-order chi connectivity index (χ1) is 13.5. The van der Waals surface area contributed by atoms with Crippen LogP contribution in [0.2, 0.25) is 0 Å². The van der Waals surface area contributed by atoms with Crippen LogP contribution in [-0.4, -0.2) is 64.3 Å². The first kappa shape index (κ1) is 18.9. The van der Waals surface area contributed by atoms with Gasteiger partial charge in [0.2, 0.25) is 5.89 Å². The summed E-state index contributed by atoms with van der Waals surface area (Å²) in [6, 6.07) is 2.02. The van der Waals surface area contributed by atoms with E-state index < -0.39 is 12.1 Å². The molecular formula is C17H22F3N7O. The fourth-order valence-corrected chi connectivity index (χ4v) is 3.56. The van der Waals surface area contributed by atoms with Gasteiger partial charge in [-0.1, -0.05) is 0 Å². The molecule has 2 saturated heterocycles. The van der Waals surface area contributed by atoms with E-state index in [0.717, 1.165) is 37.8 Å². The van der Waals surface area contributed by atoms with Crippen molar-refractivity contribution >= 4 is 11.6 Å². The third-order valence-corrected chi connectivity index (χ3v) is 5.08. The quantitative estimate of drug-likeness (QED) is 0.777. The minimum Gasteiger partial charge on any atom is -0.416 e. The van der Waals surface area contributed by atoms with Crippen molar-refractivity contribution in [2.45, 2.75) is 32.0 Å². The average molecular weight is 397 g/mol. The highest BCUT2D eigenvalue weighted by Gasteiger charge is 2.38. The van der Waals surface area contributed by atoms with Crippen molar-refractivity contribution < 1.29 is 17.6 Å². The number of hydrogen-bond donors (Lipinski definition) is 0. The normalized spacial score (nSPS) is 19.2. The third-order valence-electron chi connectivity index (χ3n) is 5.08. The maximum absolute atomic E-state index is 12.6. The number of anilines is 2. The molecule has 2 aromatic heterocycles. The van der Waals surface area contributed by atoms with Gasteiger partial charge in [0.15, 0.2) is 0 Å². The van der Waals surface area contributed by atoms with Crippen molar-refractivity contribution in [2.75, 3.05) is 49.1 Å². The van der Waals surface area contributed by atoms with Gasteiger partial charge in [-0.05, 0) is 19.3 Å². The Morgan fingerprint density at radius 1 is 0.857 bits per heavy atom. The molecule has 0 amide bonds. The van der Waals surface area contributed by atoms with Crippen molar-refractivity contribution in [1.29, 1.82) is 0 Å². The van der Waals surface area contributed by atoms with Crippen molar-refractivity contribution in [3.05, 3.63) is 24.2 Å². The second-order valence-corrected chi connectivity index (χ2v) is 7.04. The van der Waals surface area contributed by atoms with E-state index >= 15 is 0 Å². The highest BCUT2D eigenvalue weighted by Crippen LogP contribution is 2.28. The van der Waals surface area contributed by atoms with Crippen LogP contribution in [0.15, 0.2) is 16.8 Å². The van der Waals surface area contributed by atoms with Gasteiger partial charge in [-0.15, -0.1) is 10.2 Å². The molecule has 4 rings (SSSR count). The van der Waals surface area contributed by atoms with E-state index in [2.05, 4.69) is 30.0 Å². The molecule has 0 aromatic carbocycles. The zero-order chi connectivity index (χ0) is 19.6. The Kier molecular flexibility index (Phi) is 5.33. The standard InChI is InChI=1S/C17H22F3N7O/c18-17(19,20)16-24-23-15(28-16)11-25-6-8-27(9-7-25)14-10-13(21-12-22-14)26-4-2-1-3-5-26/h10,12H,1-9,11H2. The second kappa shape index (κ2) is 7.90. The lowest BCUT2D eigenvalue weighted by Gasteiger charge is -2.35. The molecule has 11 heteroatoms. The van der Waals surface area contributed by atoms with Crippen LogP contribution < -0.4 is 9.80 Å². The van der Waals surface area contributed by atoms with Gasteiger partial charge < -0.3 is 14.2 Å². The number of nitrogens with zero attached hydrogens (tertiary/aromatic N) is 7. The largest absolute Gasteiger partial charge is 0.470 e. The Morgan fingerprint density at radius 2 is 1.50 bits per heavy atom. The minimum atomic E-state index is -4.61. The predicted molar refractivity (Wildman–Crippen MR) is 94.9 cm³/mol. The van der Waals surface area contributed by atoms with Crippen LogP contribution in [0.1, 0.15) is 31.0 Å². The van der Waals surface area contributed by atoms with E-state index in [-0.39, 0.29) is 12.4 Å². The molecule has 152 valence electrons. The third kappa shape index (κ3) is 4.34. The summed E-state index contributed by atoms with van der Waals surface area (Å²) < 4.78 is 42.4. The van der Waals surface area contributed by atoms with Crippen molar-refractivity contribution in [3.8, 4) is 0 Å². The van der Waals surface area contributed by atoms with Crippen LogP contribution in [0.25, 0.3) is 0 Å². The summed E-state index contributed by atoms with van der Waals surface area (Å²) in [7, 11) is 0. The Morgan fingerprint density at radius 3 is 2.11 bits per heavy atom. The van der Waals surface area contributed by atoms with Gasteiger partial charge in [0, 0.05) is 45.3 Å². The van der Waals surface area contributed by atoms with E-state index in [1.54, 1.807) is 6.33 Å². The van der Waals surface area contributed by atoms with E-state index in [0.29, 0.717) is 13.1 Å². The Hall–Kier alpha value is -2.43. The van der Waals surface area contributed by atoms with E-state index in [1.807, 2.05) is 11.0 Å². The summed E-state index contributed by atoms with van der Waals surface area (Å²) in [4.78, 5) is 15.3. The molecule has 0 N–H and O–H groups in total. The summed E-state index contributed by atoms with van der Waals surface area (Å²) in [5.74, 6) is 0.521. The number of piperidine rings is 1. The van der Waals surface area contributed by atoms with Crippen molar-refractivity contribution in [2.24, 2.45) is 0 Å². The Bertz CT molecular complexity index is 783. The van der Waals surface area contributed by atoms with Gasteiger partial charge in [0.05, 0.1) is 6.54 Å². The molecule has 0 saturated carbocycles. The highest BCUT2D eigenvalue weighted by atomic mass is 19.4. The monoisotopic (exact) mass is 397 g/mol. The molecule has 2 aliphatic heterocycles. The molecule has 4 heterocycles. The summed E-state index contributed by atoms with van der Waals surface area (Å²) in [6.07, 6.45) is 0.625. The molecule has 0 spiro atoms. The molecular weight excluding hydrogens is 375 g/mol. The molecule has 0 atom stereocenters. The summed E-state index contributed by atoms with van der Waals surface area (Å²) in [6.45, 7) is 5.04. The molecule has 2 fully saturated rings.